The summed E-state index contributed by atoms with van der Waals surface area (Å²) < 4.78 is 36.6. The third-order valence-electron chi connectivity index (χ3n) is 5.40. The van der Waals surface area contributed by atoms with E-state index in [4.69, 9.17) is 21.1 Å². The van der Waals surface area contributed by atoms with E-state index in [0.29, 0.717) is 24.8 Å². The lowest BCUT2D eigenvalue weighted by Gasteiger charge is -2.31. The van der Waals surface area contributed by atoms with Crippen LogP contribution in [0, 0.1) is 0 Å². The fourth-order valence-corrected chi connectivity index (χ4v) is 4.38. The van der Waals surface area contributed by atoms with Gasteiger partial charge in [-0.1, -0.05) is 23.7 Å². The van der Waals surface area contributed by atoms with Crippen LogP contribution >= 0.6 is 11.6 Å². The Balaban J connectivity index is 1.51. The SMILES string of the molecule is CN(CCOc1cccc(CNC(=O)c2ccc(Cl)c(NS(C)(=O)=O)c2)c1)C1CCOCC1. The van der Waals surface area contributed by atoms with Gasteiger partial charge in [0.05, 0.1) is 17.0 Å². The maximum atomic E-state index is 12.6. The Morgan fingerprint density at radius 1 is 1.21 bits per heavy atom. The second kappa shape index (κ2) is 11.7. The molecule has 2 aromatic carbocycles. The molecular weight excluding hydrogens is 466 g/mol. The summed E-state index contributed by atoms with van der Waals surface area (Å²) in [5.74, 6) is 0.404. The van der Waals surface area contributed by atoms with E-state index in [1.54, 1.807) is 6.07 Å². The van der Waals surface area contributed by atoms with Crippen LogP contribution < -0.4 is 14.8 Å². The molecule has 2 aromatic rings. The summed E-state index contributed by atoms with van der Waals surface area (Å²) in [6.45, 7) is 3.33. The van der Waals surface area contributed by atoms with Crippen molar-refractivity contribution in [2.75, 3.05) is 44.4 Å². The van der Waals surface area contributed by atoms with Gasteiger partial charge in [0.15, 0.2) is 0 Å². The van der Waals surface area contributed by atoms with E-state index in [1.165, 1.54) is 12.1 Å². The Kier molecular flexibility index (Phi) is 8.96. The second-order valence-electron chi connectivity index (χ2n) is 8.07. The molecule has 1 aliphatic rings. The van der Waals surface area contributed by atoms with Crippen LogP contribution in [-0.4, -0.2) is 64.9 Å². The first-order valence-electron chi connectivity index (χ1n) is 10.8. The van der Waals surface area contributed by atoms with Crippen LogP contribution in [0.15, 0.2) is 42.5 Å². The molecule has 3 rings (SSSR count). The third-order valence-corrected chi connectivity index (χ3v) is 6.32. The van der Waals surface area contributed by atoms with Gasteiger partial charge in [0.2, 0.25) is 10.0 Å². The maximum Gasteiger partial charge on any atom is 0.251 e. The fraction of sp³-hybridized carbons (Fsp3) is 0.435. The lowest BCUT2D eigenvalue weighted by molar-refractivity contribution is 0.0392. The highest BCUT2D eigenvalue weighted by atomic mass is 35.5. The molecule has 8 nitrogen and oxygen atoms in total. The highest BCUT2D eigenvalue weighted by Crippen LogP contribution is 2.24. The van der Waals surface area contributed by atoms with Crippen molar-refractivity contribution in [2.24, 2.45) is 0 Å². The highest BCUT2D eigenvalue weighted by Gasteiger charge is 2.18. The zero-order chi connectivity index (χ0) is 23.8. The monoisotopic (exact) mass is 495 g/mol. The zero-order valence-electron chi connectivity index (χ0n) is 18.8. The minimum absolute atomic E-state index is 0.160. The average molecular weight is 496 g/mol. The minimum atomic E-state index is -3.51. The molecule has 0 bridgehead atoms. The molecule has 1 heterocycles. The van der Waals surface area contributed by atoms with Gasteiger partial charge in [-0.05, 0) is 55.8 Å². The van der Waals surface area contributed by atoms with E-state index < -0.39 is 10.0 Å². The van der Waals surface area contributed by atoms with Crippen molar-refractivity contribution in [3.63, 3.8) is 0 Å². The average Bonchev–Trinajstić information content (AvgIpc) is 2.79. The summed E-state index contributed by atoms with van der Waals surface area (Å²) >= 11 is 6.02. The summed E-state index contributed by atoms with van der Waals surface area (Å²) in [4.78, 5) is 14.9. The Hall–Kier alpha value is -2.33. The summed E-state index contributed by atoms with van der Waals surface area (Å²) in [5.41, 5.74) is 1.35. The number of rotatable bonds is 10. The predicted octanol–water partition coefficient (Wildman–Crippen LogP) is 3.13. The first-order chi connectivity index (χ1) is 15.7. The smallest absolute Gasteiger partial charge is 0.251 e. The number of hydrogen-bond acceptors (Lipinski definition) is 6. The van der Waals surface area contributed by atoms with Gasteiger partial charge in [-0.3, -0.25) is 14.4 Å². The number of anilines is 1. The molecule has 0 unspecified atom stereocenters. The van der Waals surface area contributed by atoms with Gasteiger partial charge >= 0.3 is 0 Å². The minimum Gasteiger partial charge on any atom is -0.492 e. The van der Waals surface area contributed by atoms with Crippen LogP contribution in [0.25, 0.3) is 0 Å². The molecule has 180 valence electrons. The third kappa shape index (κ3) is 8.19. The van der Waals surface area contributed by atoms with Crippen molar-refractivity contribution >= 4 is 33.2 Å². The topological polar surface area (TPSA) is 97.0 Å². The summed E-state index contributed by atoms with van der Waals surface area (Å²) in [7, 11) is -1.40. The predicted molar refractivity (Wildman–Crippen MR) is 129 cm³/mol. The number of nitrogens with zero attached hydrogens (tertiary/aromatic N) is 1. The lowest BCUT2D eigenvalue weighted by Crippen LogP contribution is -2.38. The molecule has 1 fully saturated rings. The van der Waals surface area contributed by atoms with Gasteiger partial charge < -0.3 is 14.8 Å². The van der Waals surface area contributed by atoms with Crippen molar-refractivity contribution in [3.05, 3.63) is 58.6 Å². The van der Waals surface area contributed by atoms with Crippen LogP contribution in [-0.2, 0) is 21.3 Å². The molecule has 33 heavy (non-hydrogen) atoms. The molecule has 0 aromatic heterocycles. The van der Waals surface area contributed by atoms with Gasteiger partial charge in [-0.15, -0.1) is 0 Å². The number of likely N-dealkylation sites (N-methyl/N-ethyl adjacent to an activating group) is 1. The van der Waals surface area contributed by atoms with E-state index in [1.807, 2.05) is 24.3 Å². The molecule has 0 spiro atoms. The quantitative estimate of drug-likeness (QED) is 0.525. The highest BCUT2D eigenvalue weighted by molar-refractivity contribution is 7.92. The van der Waals surface area contributed by atoms with Crippen LogP contribution in [0.1, 0.15) is 28.8 Å². The number of amides is 1. The molecule has 1 aliphatic heterocycles. The number of halogens is 1. The number of carbonyl (C=O) groups is 1. The van der Waals surface area contributed by atoms with Crippen LogP contribution in [0.2, 0.25) is 5.02 Å². The Labute approximate surface area is 200 Å². The van der Waals surface area contributed by atoms with Crippen molar-refractivity contribution in [3.8, 4) is 5.75 Å². The van der Waals surface area contributed by atoms with E-state index in [2.05, 4.69) is 22.0 Å². The van der Waals surface area contributed by atoms with Gasteiger partial charge in [0, 0.05) is 37.9 Å². The van der Waals surface area contributed by atoms with Gasteiger partial charge in [0.1, 0.15) is 12.4 Å². The van der Waals surface area contributed by atoms with Crippen LogP contribution in [0.3, 0.4) is 0 Å². The normalized spacial score (nSPS) is 14.8. The van der Waals surface area contributed by atoms with Crippen LogP contribution in [0.5, 0.6) is 5.75 Å². The maximum absolute atomic E-state index is 12.6. The standard InChI is InChI=1S/C23H30ClN3O5S/c1-27(19-8-11-31-12-9-19)10-13-32-20-5-3-4-17(14-20)16-25-23(28)18-6-7-21(24)22(15-18)26-33(2,29)30/h3-7,14-15,19,26H,8-13,16H2,1-2H3,(H,25,28). The Morgan fingerprint density at radius 3 is 2.70 bits per heavy atom. The van der Waals surface area contributed by atoms with Gasteiger partial charge in [-0.25, -0.2) is 8.42 Å². The molecule has 2 N–H and O–H groups in total. The van der Waals surface area contributed by atoms with E-state index in [0.717, 1.165) is 50.2 Å². The molecule has 10 heteroatoms. The summed E-state index contributed by atoms with van der Waals surface area (Å²) in [6, 6.07) is 12.5. The van der Waals surface area contributed by atoms with Crippen molar-refractivity contribution in [1.82, 2.24) is 10.2 Å². The first-order valence-corrected chi connectivity index (χ1v) is 13.0. The Bertz CT molecular complexity index is 1060. The van der Waals surface area contributed by atoms with Crippen molar-refractivity contribution in [2.45, 2.75) is 25.4 Å². The summed E-state index contributed by atoms with van der Waals surface area (Å²) in [6.07, 6.45) is 3.12. The molecule has 1 saturated heterocycles. The number of benzene rings is 2. The molecule has 0 aliphatic carbocycles. The largest absolute Gasteiger partial charge is 0.492 e. The number of sulfonamides is 1. The van der Waals surface area contributed by atoms with Crippen molar-refractivity contribution in [1.29, 1.82) is 0 Å². The molecule has 0 saturated carbocycles. The fourth-order valence-electron chi connectivity index (χ4n) is 3.59. The molecule has 0 atom stereocenters. The van der Waals surface area contributed by atoms with E-state index in [-0.39, 0.29) is 16.6 Å². The summed E-state index contributed by atoms with van der Waals surface area (Å²) in [5, 5.41) is 3.05. The van der Waals surface area contributed by atoms with Crippen molar-refractivity contribution < 1.29 is 22.7 Å². The van der Waals surface area contributed by atoms with Gasteiger partial charge in [0.25, 0.3) is 5.91 Å². The second-order valence-corrected chi connectivity index (χ2v) is 10.2. The molecule has 1 amide bonds. The number of carbonyl (C=O) groups excluding carboxylic acids is 1. The Morgan fingerprint density at radius 2 is 1.97 bits per heavy atom. The van der Waals surface area contributed by atoms with Crippen LogP contribution in [0.4, 0.5) is 5.69 Å². The molecule has 0 radical (unpaired) electrons. The number of hydrogen-bond donors (Lipinski definition) is 2. The van der Waals surface area contributed by atoms with E-state index >= 15 is 0 Å². The van der Waals surface area contributed by atoms with E-state index in [9.17, 15) is 13.2 Å². The zero-order valence-corrected chi connectivity index (χ0v) is 20.4. The molecular formula is C23H30ClN3O5S. The number of nitrogens with one attached hydrogen (secondary N) is 2. The number of ether oxygens (including phenoxy) is 2. The first kappa shape index (κ1) is 25.3. The van der Waals surface area contributed by atoms with Gasteiger partial charge in [-0.2, -0.15) is 0 Å². The lowest BCUT2D eigenvalue weighted by atomic mass is 10.1.